The van der Waals surface area contributed by atoms with Gasteiger partial charge in [0, 0.05) is 13.2 Å². The van der Waals surface area contributed by atoms with Crippen LogP contribution in [0.5, 0.6) is 0 Å². The van der Waals surface area contributed by atoms with Gasteiger partial charge in [-0.2, -0.15) is 0 Å². The van der Waals surface area contributed by atoms with Crippen molar-refractivity contribution < 1.29 is 4.74 Å². The summed E-state index contributed by atoms with van der Waals surface area (Å²) in [5.41, 5.74) is 3.42. The maximum atomic E-state index is 5.22. The van der Waals surface area contributed by atoms with Crippen LogP contribution >= 0.6 is 0 Å². The molecule has 1 saturated heterocycles. The van der Waals surface area contributed by atoms with Crippen LogP contribution in [0.1, 0.15) is 12.8 Å². The van der Waals surface area contributed by atoms with Crippen molar-refractivity contribution in [1.29, 1.82) is 0 Å². The number of methoxy groups -OCH3 is 1. The molecule has 1 aliphatic rings. The van der Waals surface area contributed by atoms with E-state index in [9.17, 15) is 0 Å². The molecule has 0 unspecified atom stereocenters. The largest absolute Gasteiger partial charge is 0.383 e. The summed E-state index contributed by atoms with van der Waals surface area (Å²) < 4.78 is 5.22. The highest BCUT2D eigenvalue weighted by atomic mass is 28.3. The zero-order valence-electron chi connectivity index (χ0n) is 10.5. The fourth-order valence-corrected chi connectivity index (χ4v) is 2.50. The second-order valence-corrected chi connectivity index (χ2v) is 10.0. The molecule has 0 aromatic rings. The van der Waals surface area contributed by atoms with Crippen molar-refractivity contribution in [3.63, 3.8) is 0 Å². The normalized spacial score (nSPS) is 22.5. The van der Waals surface area contributed by atoms with E-state index in [2.05, 4.69) is 36.0 Å². The fraction of sp³-hybridized carbons (Fsp3) is 0.833. The molecule has 86 valence electrons. The first-order valence-electron chi connectivity index (χ1n) is 5.76. The SMILES string of the molecule is COC[C@@H]1CCCN1CC#C[Si](C)(C)C. The first kappa shape index (κ1) is 12.8. The molecule has 1 aliphatic heterocycles. The van der Waals surface area contributed by atoms with Crippen molar-refractivity contribution in [1.82, 2.24) is 4.90 Å². The summed E-state index contributed by atoms with van der Waals surface area (Å²) in [7, 11) is 0.593. The van der Waals surface area contributed by atoms with Crippen LogP contribution in [0, 0.1) is 11.5 Å². The summed E-state index contributed by atoms with van der Waals surface area (Å²) in [6.45, 7) is 9.84. The Morgan fingerprint density at radius 3 is 2.73 bits per heavy atom. The lowest BCUT2D eigenvalue weighted by atomic mass is 10.2. The highest BCUT2D eigenvalue weighted by molar-refractivity contribution is 6.83. The number of ether oxygens (including phenoxy) is 1. The highest BCUT2D eigenvalue weighted by Gasteiger charge is 2.23. The van der Waals surface area contributed by atoms with Gasteiger partial charge in [0.1, 0.15) is 8.07 Å². The Labute approximate surface area is 95.0 Å². The molecule has 0 spiro atoms. The zero-order chi connectivity index (χ0) is 11.3. The number of hydrogen-bond acceptors (Lipinski definition) is 2. The van der Waals surface area contributed by atoms with Crippen LogP contribution in [0.2, 0.25) is 19.6 Å². The van der Waals surface area contributed by atoms with E-state index in [1.54, 1.807) is 7.11 Å². The first-order chi connectivity index (χ1) is 7.03. The minimum absolute atomic E-state index is 0.603. The van der Waals surface area contributed by atoms with Gasteiger partial charge in [0.15, 0.2) is 0 Å². The van der Waals surface area contributed by atoms with E-state index < -0.39 is 8.07 Å². The van der Waals surface area contributed by atoms with Crippen molar-refractivity contribution in [2.45, 2.75) is 38.5 Å². The first-order valence-corrected chi connectivity index (χ1v) is 9.26. The molecule has 1 rings (SSSR count). The van der Waals surface area contributed by atoms with E-state index >= 15 is 0 Å². The summed E-state index contributed by atoms with van der Waals surface area (Å²) in [5.74, 6) is 3.34. The van der Waals surface area contributed by atoms with E-state index in [-0.39, 0.29) is 0 Å². The monoisotopic (exact) mass is 225 g/mol. The van der Waals surface area contributed by atoms with Gasteiger partial charge in [-0.15, -0.1) is 5.54 Å². The van der Waals surface area contributed by atoms with Gasteiger partial charge in [-0.3, -0.25) is 4.90 Å². The third-order valence-electron chi connectivity index (χ3n) is 2.60. The van der Waals surface area contributed by atoms with Gasteiger partial charge >= 0.3 is 0 Å². The molecule has 0 N–H and O–H groups in total. The topological polar surface area (TPSA) is 12.5 Å². The fourth-order valence-electron chi connectivity index (χ4n) is 1.89. The molecule has 0 aromatic carbocycles. The summed E-state index contributed by atoms with van der Waals surface area (Å²) in [6.07, 6.45) is 2.56. The number of likely N-dealkylation sites (tertiary alicyclic amines) is 1. The van der Waals surface area contributed by atoms with E-state index in [1.165, 1.54) is 19.4 Å². The Balaban J connectivity index is 2.39. The minimum Gasteiger partial charge on any atom is -0.383 e. The van der Waals surface area contributed by atoms with Crippen molar-refractivity contribution in [3.8, 4) is 11.5 Å². The molecule has 0 amide bonds. The molecule has 0 saturated carbocycles. The molecule has 15 heavy (non-hydrogen) atoms. The van der Waals surface area contributed by atoms with Crippen LogP contribution in [0.15, 0.2) is 0 Å². The van der Waals surface area contributed by atoms with Crippen LogP contribution in [-0.4, -0.2) is 45.8 Å². The van der Waals surface area contributed by atoms with Crippen LogP contribution in [-0.2, 0) is 4.74 Å². The van der Waals surface area contributed by atoms with Gasteiger partial charge in [-0.05, 0) is 19.4 Å². The summed E-state index contributed by atoms with van der Waals surface area (Å²) >= 11 is 0. The van der Waals surface area contributed by atoms with Crippen LogP contribution in [0.25, 0.3) is 0 Å². The second kappa shape index (κ2) is 5.69. The smallest absolute Gasteiger partial charge is 0.129 e. The lowest BCUT2D eigenvalue weighted by Crippen LogP contribution is -2.33. The lowest BCUT2D eigenvalue weighted by Gasteiger charge is -2.21. The van der Waals surface area contributed by atoms with Gasteiger partial charge in [0.25, 0.3) is 0 Å². The molecule has 1 heterocycles. The lowest BCUT2D eigenvalue weighted by molar-refractivity contribution is 0.123. The number of nitrogens with zero attached hydrogens (tertiary/aromatic N) is 1. The molecule has 0 aromatic heterocycles. The molecule has 0 bridgehead atoms. The number of rotatable bonds is 3. The van der Waals surface area contributed by atoms with Gasteiger partial charge in [0.05, 0.1) is 13.2 Å². The van der Waals surface area contributed by atoms with Crippen molar-refractivity contribution in [2.75, 3.05) is 26.8 Å². The van der Waals surface area contributed by atoms with Crippen LogP contribution < -0.4 is 0 Å². The second-order valence-electron chi connectivity index (χ2n) is 5.27. The predicted octanol–water partition coefficient (Wildman–Crippen LogP) is 1.98. The molecular formula is C12H23NOSi. The average Bonchev–Trinajstić information content (AvgIpc) is 2.51. The Bertz CT molecular complexity index is 249. The molecule has 1 atom stereocenters. The molecule has 0 radical (unpaired) electrons. The quantitative estimate of drug-likeness (QED) is 0.538. The summed E-state index contributed by atoms with van der Waals surface area (Å²) in [4.78, 5) is 2.46. The Morgan fingerprint density at radius 1 is 1.40 bits per heavy atom. The Kier molecular flexibility index (Phi) is 4.84. The molecule has 1 fully saturated rings. The van der Waals surface area contributed by atoms with Gasteiger partial charge < -0.3 is 4.74 Å². The molecule has 3 heteroatoms. The van der Waals surface area contributed by atoms with Crippen LogP contribution in [0.4, 0.5) is 0 Å². The van der Waals surface area contributed by atoms with E-state index in [1.807, 2.05) is 0 Å². The van der Waals surface area contributed by atoms with Crippen molar-refractivity contribution in [2.24, 2.45) is 0 Å². The zero-order valence-corrected chi connectivity index (χ0v) is 11.5. The minimum atomic E-state index is -1.19. The van der Waals surface area contributed by atoms with Gasteiger partial charge in [0.2, 0.25) is 0 Å². The number of hydrogen-bond donors (Lipinski definition) is 0. The predicted molar refractivity (Wildman–Crippen MR) is 67.6 cm³/mol. The maximum Gasteiger partial charge on any atom is 0.129 e. The highest BCUT2D eigenvalue weighted by Crippen LogP contribution is 2.16. The Morgan fingerprint density at radius 2 is 2.13 bits per heavy atom. The van der Waals surface area contributed by atoms with E-state index in [0.29, 0.717) is 6.04 Å². The van der Waals surface area contributed by atoms with Gasteiger partial charge in [-0.25, -0.2) is 0 Å². The molecular weight excluding hydrogens is 202 g/mol. The average molecular weight is 225 g/mol. The van der Waals surface area contributed by atoms with E-state index in [0.717, 1.165) is 13.2 Å². The molecule has 0 aliphatic carbocycles. The maximum absolute atomic E-state index is 5.22. The van der Waals surface area contributed by atoms with Crippen LogP contribution in [0.3, 0.4) is 0 Å². The summed E-state index contributed by atoms with van der Waals surface area (Å²) in [5, 5.41) is 0. The standard InChI is InChI=1S/C12H23NOSi/c1-14-11-12-7-5-8-13(12)9-6-10-15(2,3)4/h12H,5,7-9,11H2,1-4H3/t12-/m0/s1. The third kappa shape index (κ3) is 4.83. The molecule has 2 nitrogen and oxygen atoms in total. The Hall–Kier alpha value is -0.303. The van der Waals surface area contributed by atoms with Crippen molar-refractivity contribution in [3.05, 3.63) is 0 Å². The van der Waals surface area contributed by atoms with E-state index in [4.69, 9.17) is 4.74 Å². The van der Waals surface area contributed by atoms with Gasteiger partial charge in [-0.1, -0.05) is 25.6 Å². The summed E-state index contributed by atoms with van der Waals surface area (Å²) in [6, 6.07) is 0.603. The third-order valence-corrected chi connectivity index (χ3v) is 3.53. The van der Waals surface area contributed by atoms with Crippen molar-refractivity contribution >= 4 is 8.07 Å².